The predicted octanol–water partition coefficient (Wildman–Crippen LogP) is 1.82. The molecule has 138 valence electrons. The third kappa shape index (κ3) is 4.96. The van der Waals surface area contributed by atoms with E-state index >= 15 is 0 Å². The van der Waals surface area contributed by atoms with Gasteiger partial charge in [-0.2, -0.15) is 0 Å². The van der Waals surface area contributed by atoms with Gasteiger partial charge in [0.05, 0.1) is 5.75 Å². The first-order valence-electron chi connectivity index (χ1n) is 9.19. The summed E-state index contributed by atoms with van der Waals surface area (Å²) in [6.45, 7) is 2.21. The summed E-state index contributed by atoms with van der Waals surface area (Å²) >= 11 is 1.43. The number of nitrogens with one attached hydrogen (secondary N) is 1. The second-order valence-corrected chi connectivity index (χ2v) is 8.13. The number of nitrogens with zero attached hydrogens (tertiary/aromatic N) is 3. The Labute approximate surface area is 152 Å². The Morgan fingerprint density at radius 2 is 2.00 bits per heavy atom. The smallest absolute Gasteiger partial charge is 0.230 e. The first-order chi connectivity index (χ1) is 12.0. The first kappa shape index (κ1) is 18.2. The minimum absolute atomic E-state index is 0.0628. The van der Waals surface area contributed by atoms with Gasteiger partial charge in [-0.15, -0.1) is 10.2 Å². The van der Waals surface area contributed by atoms with Crippen molar-refractivity contribution in [3.05, 3.63) is 5.82 Å². The Hall–Kier alpha value is -1.57. The van der Waals surface area contributed by atoms with Crippen LogP contribution in [0.15, 0.2) is 5.16 Å². The normalized spacial score (nSPS) is 23.4. The lowest BCUT2D eigenvalue weighted by Gasteiger charge is -2.29. The fourth-order valence-electron chi connectivity index (χ4n) is 3.42. The van der Waals surface area contributed by atoms with Gasteiger partial charge in [0.25, 0.3) is 0 Å². The van der Waals surface area contributed by atoms with E-state index in [-0.39, 0.29) is 18.2 Å². The molecule has 2 amide bonds. The average Bonchev–Trinajstić information content (AvgIpc) is 3.33. The maximum Gasteiger partial charge on any atom is 0.230 e. The molecule has 0 aliphatic heterocycles. The van der Waals surface area contributed by atoms with E-state index in [0.717, 1.165) is 30.2 Å². The van der Waals surface area contributed by atoms with E-state index in [0.29, 0.717) is 30.2 Å². The van der Waals surface area contributed by atoms with Crippen LogP contribution in [-0.2, 0) is 16.0 Å². The second kappa shape index (κ2) is 8.21. The fourth-order valence-corrected chi connectivity index (χ4v) is 4.26. The molecule has 2 aliphatic rings. The molecule has 0 bridgehead atoms. The molecule has 2 atom stereocenters. The Morgan fingerprint density at radius 3 is 2.68 bits per heavy atom. The van der Waals surface area contributed by atoms with Crippen molar-refractivity contribution in [2.24, 2.45) is 11.7 Å². The molecule has 25 heavy (non-hydrogen) atoms. The molecule has 3 N–H and O–H groups in total. The zero-order valence-corrected chi connectivity index (χ0v) is 15.6. The Balaban J connectivity index is 1.55. The van der Waals surface area contributed by atoms with Gasteiger partial charge in [-0.3, -0.25) is 9.59 Å². The molecule has 2 aliphatic carbocycles. The quantitative estimate of drug-likeness (QED) is 0.684. The van der Waals surface area contributed by atoms with Crippen molar-refractivity contribution < 1.29 is 9.59 Å². The highest BCUT2D eigenvalue weighted by atomic mass is 32.2. The molecule has 3 rings (SSSR count). The summed E-state index contributed by atoms with van der Waals surface area (Å²) in [5.41, 5.74) is 5.23. The molecular weight excluding hydrogens is 338 g/mol. The average molecular weight is 366 g/mol. The van der Waals surface area contributed by atoms with Crippen LogP contribution in [0.5, 0.6) is 0 Å². The molecule has 0 unspecified atom stereocenters. The molecule has 1 aromatic rings. The van der Waals surface area contributed by atoms with Crippen LogP contribution in [0.25, 0.3) is 0 Å². The van der Waals surface area contributed by atoms with Crippen LogP contribution in [-0.4, -0.2) is 38.4 Å². The van der Waals surface area contributed by atoms with Crippen LogP contribution in [0.4, 0.5) is 0 Å². The minimum atomic E-state index is -0.333. The largest absolute Gasteiger partial charge is 0.370 e. The number of hydrogen-bond acceptors (Lipinski definition) is 5. The van der Waals surface area contributed by atoms with Crippen molar-refractivity contribution in [2.45, 2.75) is 75.5 Å². The molecule has 2 saturated carbocycles. The van der Waals surface area contributed by atoms with Gasteiger partial charge in [0.2, 0.25) is 11.8 Å². The third-order valence-corrected chi connectivity index (χ3v) is 5.98. The van der Waals surface area contributed by atoms with E-state index < -0.39 is 0 Å². The summed E-state index contributed by atoms with van der Waals surface area (Å²) in [5, 5.41) is 12.4. The van der Waals surface area contributed by atoms with Crippen molar-refractivity contribution in [1.29, 1.82) is 0 Å². The predicted molar refractivity (Wildman–Crippen MR) is 96.1 cm³/mol. The summed E-state index contributed by atoms with van der Waals surface area (Å²) in [6, 6.07) is 0.705. The summed E-state index contributed by atoms with van der Waals surface area (Å²) in [4.78, 5) is 23.3. The Kier molecular flexibility index (Phi) is 5.98. The highest BCUT2D eigenvalue weighted by Gasteiger charge is 2.30. The van der Waals surface area contributed by atoms with Crippen molar-refractivity contribution in [1.82, 2.24) is 20.1 Å². The highest BCUT2D eigenvalue weighted by molar-refractivity contribution is 7.99. The lowest BCUT2D eigenvalue weighted by molar-refractivity contribution is -0.120. The van der Waals surface area contributed by atoms with Crippen molar-refractivity contribution >= 4 is 23.6 Å². The summed E-state index contributed by atoms with van der Waals surface area (Å²) in [5.74, 6) is 1.43. The van der Waals surface area contributed by atoms with E-state index in [2.05, 4.69) is 27.0 Å². The van der Waals surface area contributed by atoms with Crippen LogP contribution < -0.4 is 11.1 Å². The summed E-state index contributed by atoms with van der Waals surface area (Å²) in [7, 11) is 0. The standard InChI is InChI=1S/C17H27N5O2S/c1-11-4-2-3-5-13(11)19-16(24)10-25-17-21-20-15(9-8-14(18)23)22(17)12-6-7-12/h11-13H,2-10H2,1H3,(H2,18,23)(H,19,24)/t11-,13+/m1/s1. The van der Waals surface area contributed by atoms with Crippen LogP contribution in [0.2, 0.25) is 0 Å². The maximum absolute atomic E-state index is 12.3. The first-order valence-corrected chi connectivity index (χ1v) is 10.2. The van der Waals surface area contributed by atoms with Gasteiger partial charge in [-0.1, -0.05) is 31.5 Å². The summed E-state index contributed by atoms with van der Waals surface area (Å²) < 4.78 is 2.09. The second-order valence-electron chi connectivity index (χ2n) is 7.19. The van der Waals surface area contributed by atoms with Gasteiger partial charge < -0.3 is 15.6 Å². The van der Waals surface area contributed by atoms with Crippen LogP contribution >= 0.6 is 11.8 Å². The molecule has 0 radical (unpaired) electrons. The van der Waals surface area contributed by atoms with Gasteiger partial charge in [0.1, 0.15) is 5.82 Å². The number of carbonyl (C=O) groups is 2. The Bertz CT molecular complexity index is 629. The van der Waals surface area contributed by atoms with E-state index in [9.17, 15) is 9.59 Å². The van der Waals surface area contributed by atoms with E-state index in [4.69, 9.17) is 5.73 Å². The number of thioether (sulfide) groups is 1. The minimum Gasteiger partial charge on any atom is -0.370 e. The van der Waals surface area contributed by atoms with E-state index in [1.165, 1.54) is 31.0 Å². The molecule has 8 heteroatoms. The number of nitrogens with two attached hydrogens (primary N) is 1. The molecule has 2 fully saturated rings. The van der Waals surface area contributed by atoms with Crippen LogP contribution in [0.1, 0.15) is 63.7 Å². The van der Waals surface area contributed by atoms with Gasteiger partial charge in [-0.05, 0) is 31.6 Å². The van der Waals surface area contributed by atoms with Gasteiger partial charge in [-0.25, -0.2) is 0 Å². The Morgan fingerprint density at radius 1 is 1.24 bits per heavy atom. The lowest BCUT2D eigenvalue weighted by atomic mass is 9.86. The molecule has 1 aromatic heterocycles. The van der Waals surface area contributed by atoms with Gasteiger partial charge in [0.15, 0.2) is 5.16 Å². The zero-order valence-electron chi connectivity index (χ0n) is 14.7. The van der Waals surface area contributed by atoms with Crippen LogP contribution in [0, 0.1) is 5.92 Å². The monoisotopic (exact) mass is 365 g/mol. The number of amides is 2. The molecular formula is C17H27N5O2S. The van der Waals surface area contributed by atoms with E-state index in [1.807, 2.05) is 0 Å². The maximum atomic E-state index is 12.3. The molecule has 0 aromatic carbocycles. The zero-order chi connectivity index (χ0) is 17.8. The molecule has 7 nitrogen and oxygen atoms in total. The number of aromatic nitrogens is 3. The van der Waals surface area contributed by atoms with Crippen molar-refractivity contribution in [3.8, 4) is 0 Å². The number of carbonyl (C=O) groups excluding carboxylic acids is 2. The molecule has 0 saturated heterocycles. The number of hydrogen-bond donors (Lipinski definition) is 2. The van der Waals surface area contributed by atoms with Crippen molar-refractivity contribution in [2.75, 3.05) is 5.75 Å². The van der Waals surface area contributed by atoms with Crippen LogP contribution in [0.3, 0.4) is 0 Å². The SMILES string of the molecule is C[C@@H]1CCCC[C@@H]1NC(=O)CSc1nnc(CCC(N)=O)n1C1CC1. The number of rotatable bonds is 8. The van der Waals surface area contributed by atoms with Gasteiger partial charge in [0, 0.05) is 24.9 Å². The number of primary amides is 1. The lowest BCUT2D eigenvalue weighted by Crippen LogP contribution is -2.41. The highest BCUT2D eigenvalue weighted by Crippen LogP contribution is 2.39. The molecule has 0 spiro atoms. The topological polar surface area (TPSA) is 103 Å². The fraction of sp³-hybridized carbons (Fsp3) is 0.765. The third-order valence-electron chi connectivity index (χ3n) is 5.03. The van der Waals surface area contributed by atoms with Gasteiger partial charge >= 0.3 is 0 Å². The van der Waals surface area contributed by atoms with Crippen molar-refractivity contribution in [3.63, 3.8) is 0 Å². The van der Waals surface area contributed by atoms with E-state index in [1.54, 1.807) is 0 Å². The number of aryl methyl sites for hydroxylation is 1. The molecule has 1 heterocycles. The summed E-state index contributed by atoms with van der Waals surface area (Å²) in [6.07, 6.45) is 7.70.